The van der Waals surface area contributed by atoms with E-state index in [9.17, 15) is 8.42 Å². The van der Waals surface area contributed by atoms with Crippen LogP contribution < -0.4 is 14.4 Å². The zero-order chi connectivity index (χ0) is 22.7. The number of para-hydroxylation sites is 2. The van der Waals surface area contributed by atoms with Crippen LogP contribution in [0.25, 0.3) is 10.9 Å². The van der Waals surface area contributed by atoms with Gasteiger partial charge >= 0.3 is 0 Å². The highest BCUT2D eigenvalue weighted by Gasteiger charge is 2.24. The highest BCUT2D eigenvalue weighted by molar-refractivity contribution is 7.89. The minimum absolute atomic E-state index is 0.128. The van der Waals surface area contributed by atoms with Gasteiger partial charge in [-0.1, -0.05) is 42.5 Å². The van der Waals surface area contributed by atoms with E-state index in [1.54, 1.807) is 24.3 Å². The first-order valence-electron chi connectivity index (χ1n) is 10.4. The van der Waals surface area contributed by atoms with Gasteiger partial charge < -0.3 is 14.6 Å². The number of hydrogen-bond donors (Lipinski definition) is 2. The summed E-state index contributed by atoms with van der Waals surface area (Å²) < 4.78 is 34.3. The van der Waals surface area contributed by atoms with Gasteiger partial charge in [0.2, 0.25) is 10.0 Å². The molecule has 6 nitrogen and oxygen atoms in total. The highest BCUT2D eigenvalue weighted by Crippen LogP contribution is 2.32. The molecular formula is C25H27N3O3S. The Labute approximate surface area is 188 Å². The molecule has 0 saturated carbocycles. The minimum atomic E-state index is -3.77. The standard InChI is InChI=1S/C25H27N3O3S/c1-28(2)19-14-12-18(13-15-19)21(22-16-26-23-9-5-4-8-20(22)23)17-27-32(29,30)25-11-7-6-10-24(25)31-3/h4-16,21,26-27H,17H2,1-3H3. The maximum Gasteiger partial charge on any atom is 0.244 e. The second kappa shape index (κ2) is 9.06. The Bertz CT molecular complexity index is 1310. The van der Waals surface area contributed by atoms with E-state index in [4.69, 9.17) is 4.74 Å². The second-order valence-electron chi connectivity index (χ2n) is 7.83. The molecule has 2 N–H and O–H groups in total. The van der Waals surface area contributed by atoms with Crippen LogP contribution in [0.1, 0.15) is 17.0 Å². The van der Waals surface area contributed by atoms with Gasteiger partial charge in [-0.25, -0.2) is 13.1 Å². The monoisotopic (exact) mass is 449 g/mol. The van der Waals surface area contributed by atoms with Crippen molar-refractivity contribution in [1.82, 2.24) is 9.71 Å². The van der Waals surface area contributed by atoms with Crippen LogP contribution in [0, 0.1) is 0 Å². The molecule has 166 valence electrons. The van der Waals surface area contributed by atoms with Crippen LogP contribution in [0.15, 0.2) is 83.9 Å². The summed E-state index contributed by atoms with van der Waals surface area (Å²) in [7, 11) is 1.69. The third kappa shape index (κ3) is 4.35. The van der Waals surface area contributed by atoms with Gasteiger partial charge in [0, 0.05) is 49.3 Å². The molecule has 0 bridgehead atoms. The van der Waals surface area contributed by atoms with E-state index in [0.717, 1.165) is 27.7 Å². The molecule has 32 heavy (non-hydrogen) atoms. The Balaban J connectivity index is 1.71. The summed E-state index contributed by atoms with van der Waals surface area (Å²) in [6, 6.07) is 22.9. The first kappa shape index (κ1) is 21.9. The Kier molecular flexibility index (Phi) is 6.21. The van der Waals surface area contributed by atoms with Crippen LogP contribution in [0.5, 0.6) is 5.75 Å². The molecule has 7 heteroatoms. The SMILES string of the molecule is COc1ccccc1S(=O)(=O)NCC(c1ccc(N(C)C)cc1)c1c[nH]c2ccccc12. The molecule has 0 saturated heterocycles. The number of aromatic amines is 1. The largest absolute Gasteiger partial charge is 0.495 e. The molecule has 1 aromatic heterocycles. The molecule has 1 unspecified atom stereocenters. The van der Waals surface area contributed by atoms with Gasteiger partial charge in [0.15, 0.2) is 0 Å². The zero-order valence-electron chi connectivity index (χ0n) is 18.4. The maximum absolute atomic E-state index is 13.1. The number of nitrogens with zero attached hydrogens (tertiary/aromatic N) is 1. The number of rotatable bonds is 8. The van der Waals surface area contributed by atoms with Crippen LogP contribution in [0.3, 0.4) is 0 Å². The lowest BCUT2D eigenvalue weighted by atomic mass is 9.91. The quantitative estimate of drug-likeness (QED) is 0.419. The van der Waals surface area contributed by atoms with Crippen molar-refractivity contribution < 1.29 is 13.2 Å². The fraction of sp³-hybridized carbons (Fsp3) is 0.200. The lowest BCUT2D eigenvalue weighted by molar-refractivity contribution is 0.402. The van der Waals surface area contributed by atoms with Crippen molar-refractivity contribution in [3.8, 4) is 5.75 Å². The summed E-state index contributed by atoms with van der Waals surface area (Å²) in [6.07, 6.45) is 1.96. The fourth-order valence-electron chi connectivity index (χ4n) is 3.91. The van der Waals surface area contributed by atoms with Crippen LogP contribution in [-0.4, -0.2) is 41.2 Å². The molecule has 4 rings (SSSR count). The summed E-state index contributed by atoms with van der Waals surface area (Å²) >= 11 is 0. The summed E-state index contributed by atoms with van der Waals surface area (Å²) in [6.45, 7) is 0.212. The van der Waals surface area contributed by atoms with E-state index in [0.29, 0.717) is 5.75 Å². The number of ether oxygens (including phenoxy) is 1. The molecule has 0 radical (unpaired) electrons. The number of benzene rings is 3. The van der Waals surface area contributed by atoms with E-state index in [1.165, 1.54) is 7.11 Å². The summed E-state index contributed by atoms with van der Waals surface area (Å²) in [5.74, 6) is 0.144. The molecule has 4 aromatic rings. The van der Waals surface area contributed by atoms with Gasteiger partial charge in [-0.3, -0.25) is 0 Å². The molecule has 0 aliphatic heterocycles. The van der Waals surface area contributed by atoms with Gasteiger partial charge in [-0.15, -0.1) is 0 Å². The molecule has 3 aromatic carbocycles. The van der Waals surface area contributed by atoms with Crippen LogP contribution in [0.4, 0.5) is 5.69 Å². The van der Waals surface area contributed by atoms with Crippen molar-refractivity contribution in [2.75, 3.05) is 32.6 Å². The molecule has 0 aliphatic carbocycles. The average molecular weight is 450 g/mol. The van der Waals surface area contributed by atoms with Crippen molar-refractivity contribution >= 4 is 26.6 Å². The number of sulfonamides is 1. The Morgan fingerprint density at radius 1 is 0.969 bits per heavy atom. The van der Waals surface area contributed by atoms with Crippen molar-refractivity contribution in [1.29, 1.82) is 0 Å². The van der Waals surface area contributed by atoms with E-state index in [1.807, 2.05) is 55.5 Å². The number of nitrogens with one attached hydrogen (secondary N) is 2. The molecular weight excluding hydrogens is 422 g/mol. The Hall–Kier alpha value is -3.29. The second-order valence-corrected chi connectivity index (χ2v) is 9.57. The molecule has 0 fully saturated rings. The average Bonchev–Trinajstić information content (AvgIpc) is 3.23. The van der Waals surface area contributed by atoms with Crippen molar-refractivity contribution in [2.24, 2.45) is 0 Å². The molecule has 0 spiro atoms. The summed E-state index contributed by atoms with van der Waals surface area (Å²) in [5, 5.41) is 1.07. The van der Waals surface area contributed by atoms with Gasteiger partial charge in [0.25, 0.3) is 0 Å². The van der Waals surface area contributed by atoms with E-state index in [-0.39, 0.29) is 17.4 Å². The lowest BCUT2D eigenvalue weighted by Gasteiger charge is -2.20. The Morgan fingerprint density at radius 3 is 2.38 bits per heavy atom. The normalized spacial score (nSPS) is 12.6. The first-order chi connectivity index (χ1) is 15.4. The predicted octanol–water partition coefficient (Wildman–Crippen LogP) is 4.35. The number of H-pyrrole nitrogens is 1. The third-order valence-corrected chi connectivity index (χ3v) is 7.11. The van der Waals surface area contributed by atoms with Crippen molar-refractivity contribution in [3.63, 3.8) is 0 Å². The van der Waals surface area contributed by atoms with Crippen LogP contribution in [0.2, 0.25) is 0 Å². The van der Waals surface area contributed by atoms with Gasteiger partial charge in [-0.05, 0) is 41.5 Å². The van der Waals surface area contributed by atoms with Crippen molar-refractivity contribution in [3.05, 3.63) is 90.1 Å². The fourth-order valence-corrected chi connectivity index (χ4v) is 5.12. The van der Waals surface area contributed by atoms with E-state index in [2.05, 4.69) is 27.9 Å². The zero-order valence-corrected chi connectivity index (χ0v) is 19.2. The number of anilines is 1. The van der Waals surface area contributed by atoms with E-state index >= 15 is 0 Å². The van der Waals surface area contributed by atoms with Gasteiger partial charge in [0.05, 0.1) is 7.11 Å². The topological polar surface area (TPSA) is 74.4 Å². The summed E-state index contributed by atoms with van der Waals surface area (Å²) in [5.41, 5.74) is 4.18. The van der Waals surface area contributed by atoms with Gasteiger partial charge in [-0.2, -0.15) is 0 Å². The number of fused-ring (bicyclic) bond motifs is 1. The molecule has 1 atom stereocenters. The first-order valence-corrected chi connectivity index (χ1v) is 11.8. The smallest absolute Gasteiger partial charge is 0.244 e. The third-order valence-electron chi connectivity index (χ3n) is 5.64. The molecule has 0 aliphatic rings. The Morgan fingerprint density at radius 2 is 1.66 bits per heavy atom. The molecule has 0 amide bonds. The van der Waals surface area contributed by atoms with E-state index < -0.39 is 10.0 Å². The van der Waals surface area contributed by atoms with Crippen molar-refractivity contribution in [2.45, 2.75) is 10.8 Å². The maximum atomic E-state index is 13.1. The van der Waals surface area contributed by atoms with Crippen LogP contribution >= 0.6 is 0 Å². The number of methoxy groups -OCH3 is 1. The summed E-state index contributed by atoms with van der Waals surface area (Å²) in [4.78, 5) is 5.47. The predicted molar refractivity (Wildman–Crippen MR) is 129 cm³/mol. The highest BCUT2D eigenvalue weighted by atomic mass is 32.2. The lowest BCUT2D eigenvalue weighted by Crippen LogP contribution is -2.29. The minimum Gasteiger partial charge on any atom is -0.495 e. The number of aromatic nitrogens is 1. The van der Waals surface area contributed by atoms with Gasteiger partial charge in [0.1, 0.15) is 10.6 Å². The number of hydrogen-bond acceptors (Lipinski definition) is 4. The molecule has 1 heterocycles. The van der Waals surface area contributed by atoms with Crippen LogP contribution in [-0.2, 0) is 10.0 Å².